The summed E-state index contributed by atoms with van der Waals surface area (Å²) in [5.74, 6) is 0.680. The van der Waals surface area contributed by atoms with Gasteiger partial charge in [-0.3, -0.25) is 4.21 Å². The molecule has 0 amide bonds. The average molecular weight is 542 g/mol. The number of benzene rings is 1. The summed E-state index contributed by atoms with van der Waals surface area (Å²) in [5.41, 5.74) is 0.831. The Kier molecular flexibility index (Phi) is 11.6. The number of unbranched alkanes of at least 4 members (excludes halogenated alkanes) is 1. The fourth-order valence-electron chi connectivity index (χ4n) is 4.64. The van der Waals surface area contributed by atoms with E-state index in [4.69, 9.17) is 21.4 Å². The van der Waals surface area contributed by atoms with Crippen LogP contribution in [0.1, 0.15) is 78.2 Å². The van der Waals surface area contributed by atoms with Crippen molar-refractivity contribution in [1.82, 2.24) is 4.98 Å². The summed E-state index contributed by atoms with van der Waals surface area (Å²) < 4.78 is 18.2. The molecule has 1 aliphatic rings. The minimum atomic E-state index is -1.17. The predicted molar refractivity (Wildman–Crippen MR) is 140 cm³/mol. The first-order valence-corrected chi connectivity index (χ1v) is 15.0. The lowest BCUT2D eigenvalue weighted by Gasteiger charge is -2.21. The number of hydrogen-bond acceptors (Lipinski definition) is 7. The van der Waals surface area contributed by atoms with Crippen LogP contribution in [0.3, 0.4) is 0 Å². The zero-order valence-corrected chi connectivity index (χ0v) is 22.6. The minimum Gasteiger partial charge on any atom is -0.459 e. The first-order chi connectivity index (χ1) is 16.9. The van der Waals surface area contributed by atoms with Crippen LogP contribution in [0.15, 0.2) is 35.4 Å². The first-order valence-electron chi connectivity index (χ1n) is 12.5. The Hall–Kier alpha value is -1.32. The highest BCUT2D eigenvalue weighted by Crippen LogP contribution is 2.40. The maximum Gasteiger partial charge on any atom is 0.350 e. The highest BCUT2D eigenvalue weighted by atomic mass is 35.5. The number of aryl methyl sites for hydroxylation is 1. The molecular formula is C26H36ClNO5S2. The zero-order valence-electron chi connectivity index (χ0n) is 20.2. The number of aromatic nitrogens is 1. The summed E-state index contributed by atoms with van der Waals surface area (Å²) in [6.07, 6.45) is 8.36. The number of aliphatic hydroxyl groups is 2. The van der Waals surface area contributed by atoms with Gasteiger partial charge in [-0.25, -0.2) is 9.78 Å². The second-order valence-corrected chi connectivity index (χ2v) is 12.3. The molecule has 2 aromatic rings. The molecule has 1 aliphatic carbocycles. The molecule has 0 bridgehead atoms. The van der Waals surface area contributed by atoms with Gasteiger partial charge in [-0.15, -0.1) is 22.9 Å². The van der Waals surface area contributed by atoms with Crippen molar-refractivity contribution in [3.63, 3.8) is 0 Å². The molecule has 1 fully saturated rings. The fraction of sp³-hybridized carbons (Fsp3) is 0.615. The summed E-state index contributed by atoms with van der Waals surface area (Å²) in [7, 11) is -1.17. The molecule has 9 heteroatoms. The van der Waals surface area contributed by atoms with Crippen LogP contribution in [-0.4, -0.2) is 49.7 Å². The minimum absolute atomic E-state index is 0.0141. The Morgan fingerprint density at radius 3 is 2.94 bits per heavy atom. The Balaban J connectivity index is 1.52. The number of halogens is 1. The molecule has 1 aromatic heterocycles. The largest absolute Gasteiger partial charge is 0.459 e. The number of carbonyl (C=O) groups excluding carboxylic acids is 1. The normalized spacial score (nSPS) is 21.7. The smallest absolute Gasteiger partial charge is 0.350 e. The van der Waals surface area contributed by atoms with E-state index in [9.17, 15) is 14.1 Å². The lowest BCUT2D eigenvalue weighted by molar-refractivity contribution is 0.0439. The van der Waals surface area contributed by atoms with E-state index in [1.165, 1.54) is 17.5 Å². The molecule has 0 aliphatic heterocycles. The Labute approximate surface area is 219 Å². The molecule has 35 heavy (non-hydrogen) atoms. The van der Waals surface area contributed by atoms with Crippen molar-refractivity contribution in [1.29, 1.82) is 0 Å². The molecule has 6 nitrogen and oxygen atoms in total. The highest BCUT2D eigenvalue weighted by Gasteiger charge is 2.35. The molecule has 0 spiro atoms. The molecule has 0 saturated heterocycles. The van der Waals surface area contributed by atoms with Gasteiger partial charge in [0, 0.05) is 16.0 Å². The topological polar surface area (TPSA) is 96.7 Å². The van der Waals surface area contributed by atoms with E-state index in [2.05, 4.69) is 11.9 Å². The Bertz CT molecular complexity index is 969. The summed E-state index contributed by atoms with van der Waals surface area (Å²) in [4.78, 5) is 17.4. The van der Waals surface area contributed by atoms with Gasteiger partial charge in [-0.05, 0) is 68.1 Å². The number of nitrogens with zero attached hydrogens (tertiary/aromatic N) is 1. The maximum absolute atomic E-state index is 13.2. The van der Waals surface area contributed by atoms with Crippen molar-refractivity contribution >= 4 is 39.7 Å². The summed E-state index contributed by atoms with van der Waals surface area (Å²) in [5, 5.41) is 20.1. The van der Waals surface area contributed by atoms with Gasteiger partial charge in [0.05, 0.1) is 34.7 Å². The number of carbonyl (C=O) groups is 1. The van der Waals surface area contributed by atoms with Crippen molar-refractivity contribution in [2.24, 2.45) is 11.8 Å². The molecule has 5 atom stereocenters. The van der Waals surface area contributed by atoms with Gasteiger partial charge in [0.25, 0.3) is 0 Å². The summed E-state index contributed by atoms with van der Waals surface area (Å²) in [6.45, 7) is 1.89. The molecule has 0 radical (unpaired) electrons. The quantitative estimate of drug-likeness (QED) is 0.249. The van der Waals surface area contributed by atoms with Crippen molar-refractivity contribution in [2.45, 2.75) is 74.7 Å². The molecule has 3 unspecified atom stereocenters. The van der Waals surface area contributed by atoms with Crippen molar-refractivity contribution < 1.29 is 24.0 Å². The van der Waals surface area contributed by atoms with Gasteiger partial charge in [0.2, 0.25) is 0 Å². The van der Waals surface area contributed by atoms with E-state index >= 15 is 0 Å². The van der Waals surface area contributed by atoms with Crippen LogP contribution in [0.2, 0.25) is 0 Å². The highest BCUT2D eigenvalue weighted by molar-refractivity contribution is 7.85. The van der Waals surface area contributed by atoms with Gasteiger partial charge in [0.15, 0.2) is 0 Å². The van der Waals surface area contributed by atoms with E-state index in [1.54, 1.807) is 0 Å². The van der Waals surface area contributed by atoms with Crippen LogP contribution in [-0.2, 0) is 22.0 Å². The van der Waals surface area contributed by atoms with E-state index in [0.717, 1.165) is 60.4 Å². The van der Waals surface area contributed by atoms with Gasteiger partial charge >= 0.3 is 5.97 Å². The lowest BCUT2D eigenvalue weighted by Crippen LogP contribution is -2.22. The molecule has 194 valence electrons. The standard InChI is InChI=1S/C26H36ClNO5S2/c1-2-3-9-23(30)19-7-4-8-20(15-19)35(32)17-21-18(11-12-22(21)27)6-5-10-25-28-16-24(34-25)26(31)33-14-13-29/h4,7-8,15-16,18,21-23,29-30H,2-3,5-6,9-14,17H2,1H3/t18-,21+,22?,23?,35?/m0/s1. The Morgan fingerprint density at radius 1 is 1.34 bits per heavy atom. The van der Waals surface area contributed by atoms with Crippen LogP contribution in [0.25, 0.3) is 0 Å². The number of alkyl halides is 1. The van der Waals surface area contributed by atoms with Crippen LogP contribution in [0.4, 0.5) is 0 Å². The molecule has 2 N–H and O–H groups in total. The monoisotopic (exact) mass is 541 g/mol. The molecular weight excluding hydrogens is 506 g/mol. The number of rotatable bonds is 14. The zero-order chi connectivity index (χ0) is 25.2. The molecule has 1 aromatic carbocycles. The second-order valence-electron chi connectivity index (χ2n) is 9.13. The number of ether oxygens (including phenoxy) is 1. The van der Waals surface area contributed by atoms with Crippen LogP contribution in [0.5, 0.6) is 0 Å². The van der Waals surface area contributed by atoms with E-state index in [1.807, 2.05) is 24.3 Å². The molecule has 1 saturated carbocycles. The van der Waals surface area contributed by atoms with E-state index in [-0.39, 0.29) is 24.5 Å². The van der Waals surface area contributed by atoms with Crippen molar-refractivity contribution in [2.75, 3.05) is 19.0 Å². The van der Waals surface area contributed by atoms with Crippen molar-refractivity contribution in [3.05, 3.63) is 45.9 Å². The molecule has 3 rings (SSSR count). The number of hydrogen-bond donors (Lipinski definition) is 2. The first kappa shape index (κ1) is 28.3. The van der Waals surface area contributed by atoms with Crippen LogP contribution >= 0.6 is 22.9 Å². The average Bonchev–Trinajstić information content (AvgIpc) is 3.48. The number of esters is 1. The third-order valence-corrected chi connectivity index (χ3v) is 9.66. The van der Waals surface area contributed by atoms with Crippen LogP contribution < -0.4 is 0 Å². The van der Waals surface area contributed by atoms with E-state index in [0.29, 0.717) is 23.0 Å². The van der Waals surface area contributed by atoms with E-state index < -0.39 is 22.9 Å². The van der Waals surface area contributed by atoms with Crippen LogP contribution in [0, 0.1) is 11.8 Å². The third-order valence-electron chi connectivity index (χ3n) is 6.61. The fourth-order valence-corrected chi connectivity index (χ4v) is 7.56. The predicted octanol–water partition coefficient (Wildman–Crippen LogP) is 5.28. The second kappa shape index (κ2) is 14.4. The molecule has 1 heterocycles. The Morgan fingerprint density at radius 2 is 2.17 bits per heavy atom. The van der Waals surface area contributed by atoms with Gasteiger partial charge in [0.1, 0.15) is 11.5 Å². The lowest BCUT2D eigenvalue weighted by atomic mass is 9.92. The van der Waals surface area contributed by atoms with Gasteiger partial charge < -0.3 is 14.9 Å². The number of aliphatic hydroxyl groups excluding tert-OH is 2. The van der Waals surface area contributed by atoms with Gasteiger partial charge in [-0.1, -0.05) is 31.9 Å². The third kappa shape index (κ3) is 8.35. The number of thiazole rings is 1. The summed E-state index contributed by atoms with van der Waals surface area (Å²) in [6, 6.07) is 7.55. The van der Waals surface area contributed by atoms with Crippen molar-refractivity contribution in [3.8, 4) is 0 Å². The van der Waals surface area contributed by atoms with Gasteiger partial charge in [-0.2, -0.15) is 0 Å². The maximum atomic E-state index is 13.2. The summed E-state index contributed by atoms with van der Waals surface area (Å²) >= 11 is 7.99. The SMILES string of the molecule is CCCCC(O)c1cccc(S(=O)C[C@H]2C(Cl)CC[C@@H]2CCCc2ncc(C(=O)OCCO)s2)c1.